The smallest absolute Gasteiger partial charge is 0.328 e. The fraction of sp³-hybridized carbons (Fsp3) is 0.464. The summed E-state index contributed by atoms with van der Waals surface area (Å²) in [6.07, 6.45) is 4.14. The first-order valence-corrected chi connectivity index (χ1v) is 12.2. The number of unbranched alkanes of at least 4 members (excludes halogenated alkanes) is 3. The standard InChI is InChI=1S/C28H37NO6/c1-4-5-6-10-13-25(21(2)30)27(31)29(18-22-14-16-24(34-3)17-15-22)26(28(32)33)20-35-19-23-11-8-7-9-12-23/h7-9,11-12,14-17,25-26H,4-6,10,13,18-20H2,1-3H3,(H,32,33). The van der Waals surface area contributed by atoms with E-state index in [1.807, 2.05) is 30.3 Å². The Balaban J connectivity index is 2.26. The number of amides is 1. The second-order valence-corrected chi connectivity index (χ2v) is 8.68. The van der Waals surface area contributed by atoms with Gasteiger partial charge in [0.2, 0.25) is 5.91 Å². The highest BCUT2D eigenvalue weighted by molar-refractivity contribution is 6.01. The number of ether oxygens (including phenoxy) is 2. The number of aliphatic carboxylic acids is 1. The molecule has 0 aromatic heterocycles. The number of rotatable bonds is 16. The van der Waals surface area contributed by atoms with Crippen LogP contribution in [0.25, 0.3) is 0 Å². The summed E-state index contributed by atoms with van der Waals surface area (Å²) in [5, 5.41) is 10.0. The van der Waals surface area contributed by atoms with Gasteiger partial charge in [0, 0.05) is 6.54 Å². The van der Waals surface area contributed by atoms with Crippen LogP contribution in [0.2, 0.25) is 0 Å². The van der Waals surface area contributed by atoms with Crippen LogP contribution >= 0.6 is 0 Å². The Hall–Kier alpha value is -3.19. The zero-order valence-corrected chi connectivity index (χ0v) is 20.9. The van der Waals surface area contributed by atoms with Crippen LogP contribution in [-0.2, 0) is 32.3 Å². The maximum atomic E-state index is 13.6. The summed E-state index contributed by atoms with van der Waals surface area (Å²) in [5.41, 5.74) is 1.64. The lowest BCUT2D eigenvalue weighted by Crippen LogP contribution is -2.50. The van der Waals surface area contributed by atoms with Crippen molar-refractivity contribution in [2.75, 3.05) is 13.7 Å². The van der Waals surface area contributed by atoms with Crippen molar-refractivity contribution >= 4 is 17.7 Å². The zero-order chi connectivity index (χ0) is 25.6. The molecule has 0 saturated heterocycles. The van der Waals surface area contributed by atoms with Gasteiger partial charge in [-0.15, -0.1) is 0 Å². The zero-order valence-electron chi connectivity index (χ0n) is 20.9. The van der Waals surface area contributed by atoms with Crippen molar-refractivity contribution in [2.24, 2.45) is 5.92 Å². The monoisotopic (exact) mass is 483 g/mol. The topological polar surface area (TPSA) is 93.1 Å². The molecule has 7 heteroatoms. The van der Waals surface area contributed by atoms with Gasteiger partial charge in [-0.2, -0.15) is 0 Å². The summed E-state index contributed by atoms with van der Waals surface area (Å²) in [6, 6.07) is 15.3. The fourth-order valence-corrected chi connectivity index (χ4v) is 3.90. The number of methoxy groups -OCH3 is 1. The van der Waals surface area contributed by atoms with Gasteiger partial charge in [0.05, 0.1) is 26.2 Å². The van der Waals surface area contributed by atoms with Crippen molar-refractivity contribution < 1.29 is 29.0 Å². The molecule has 0 radical (unpaired) electrons. The molecule has 0 aliphatic carbocycles. The van der Waals surface area contributed by atoms with Crippen LogP contribution in [-0.4, -0.2) is 47.4 Å². The Morgan fingerprint density at radius 3 is 2.20 bits per heavy atom. The van der Waals surface area contributed by atoms with Crippen molar-refractivity contribution in [1.82, 2.24) is 4.90 Å². The Bertz CT molecular complexity index is 928. The summed E-state index contributed by atoms with van der Waals surface area (Å²) < 4.78 is 10.9. The molecule has 1 N–H and O–H groups in total. The summed E-state index contributed by atoms with van der Waals surface area (Å²) in [5.74, 6) is -2.11. The first-order valence-electron chi connectivity index (χ1n) is 12.2. The number of benzene rings is 2. The minimum atomic E-state index is -1.23. The molecule has 0 spiro atoms. The van der Waals surface area contributed by atoms with Crippen LogP contribution in [0.4, 0.5) is 0 Å². The molecule has 0 aliphatic heterocycles. The lowest BCUT2D eigenvalue weighted by molar-refractivity contribution is -0.157. The predicted octanol–water partition coefficient (Wildman–Crippen LogP) is 4.87. The number of carboxylic acid groups (broad SMARTS) is 1. The van der Waals surface area contributed by atoms with Crippen molar-refractivity contribution in [1.29, 1.82) is 0 Å². The minimum absolute atomic E-state index is 0.0488. The van der Waals surface area contributed by atoms with E-state index in [4.69, 9.17) is 9.47 Å². The summed E-state index contributed by atoms with van der Waals surface area (Å²) in [7, 11) is 1.56. The molecule has 0 bridgehead atoms. The van der Waals surface area contributed by atoms with Gasteiger partial charge in [-0.1, -0.05) is 75.1 Å². The third kappa shape index (κ3) is 9.17. The van der Waals surface area contributed by atoms with Crippen LogP contribution in [0.3, 0.4) is 0 Å². The van der Waals surface area contributed by atoms with E-state index in [-0.39, 0.29) is 25.5 Å². The van der Waals surface area contributed by atoms with Crippen LogP contribution in [0, 0.1) is 5.92 Å². The molecule has 2 atom stereocenters. The van der Waals surface area contributed by atoms with Crippen molar-refractivity contribution in [2.45, 2.75) is 65.1 Å². The van der Waals surface area contributed by atoms with E-state index in [9.17, 15) is 19.5 Å². The van der Waals surface area contributed by atoms with E-state index in [0.717, 1.165) is 36.8 Å². The van der Waals surface area contributed by atoms with Crippen LogP contribution < -0.4 is 4.74 Å². The number of ketones is 1. The molecule has 2 aromatic carbocycles. The number of hydrogen-bond donors (Lipinski definition) is 1. The number of carbonyl (C=O) groups is 3. The predicted molar refractivity (Wildman–Crippen MR) is 134 cm³/mol. The molecule has 0 fully saturated rings. The number of carboxylic acids is 1. The van der Waals surface area contributed by atoms with Crippen molar-refractivity contribution in [3.8, 4) is 5.75 Å². The molecule has 2 rings (SSSR count). The highest BCUT2D eigenvalue weighted by Crippen LogP contribution is 2.21. The van der Waals surface area contributed by atoms with E-state index in [0.29, 0.717) is 12.2 Å². The highest BCUT2D eigenvalue weighted by Gasteiger charge is 2.35. The molecule has 190 valence electrons. The molecule has 2 aromatic rings. The van der Waals surface area contributed by atoms with E-state index in [1.54, 1.807) is 31.4 Å². The third-order valence-corrected chi connectivity index (χ3v) is 5.98. The normalized spacial score (nSPS) is 12.5. The summed E-state index contributed by atoms with van der Waals surface area (Å²) >= 11 is 0. The first-order chi connectivity index (χ1) is 16.9. The van der Waals surface area contributed by atoms with Crippen LogP contribution in [0.5, 0.6) is 5.75 Å². The first kappa shape index (κ1) is 28.1. The maximum absolute atomic E-state index is 13.6. The van der Waals surface area contributed by atoms with Crippen LogP contribution in [0.1, 0.15) is 57.1 Å². The Morgan fingerprint density at radius 1 is 0.943 bits per heavy atom. The van der Waals surface area contributed by atoms with Gasteiger partial charge in [-0.3, -0.25) is 9.59 Å². The Labute approximate surface area is 208 Å². The molecule has 0 aliphatic rings. The van der Waals surface area contributed by atoms with E-state index in [2.05, 4.69) is 6.92 Å². The van der Waals surface area contributed by atoms with E-state index in [1.165, 1.54) is 11.8 Å². The van der Waals surface area contributed by atoms with Gasteiger partial charge >= 0.3 is 5.97 Å². The van der Waals surface area contributed by atoms with E-state index < -0.39 is 23.8 Å². The molecule has 0 heterocycles. The van der Waals surface area contributed by atoms with Gasteiger partial charge < -0.3 is 19.5 Å². The maximum Gasteiger partial charge on any atom is 0.328 e. The second kappa shape index (κ2) is 14.9. The van der Waals surface area contributed by atoms with Gasteiger partial charge in [-0.25, -0.2) is 4.79 Å². The van der Waals surface area contributed by atoms with Gasteiger partial charge in [0.1, 0.15) is 11.5 Å². The van der Waals surface area contributed by atoms with Crippen LogP contribution in [0.15, 0.2) is 54.6 Å². The second-order valence-electron chi connectivity index (χ2n) is 8.68. The number of nitrogens with zero attached hydrogens (tertiary/aromatic N) is 1. The summed E-state index contributed by atoms with van der Waals surface area (Å²) in [6.45, 7) is 3.58. The van der Waals surface area contributed by atoms with E-state index >= 15 is 0 Å². The van der Waals surface area contributed by atoms with Crippen molar-refractivity contribution in [3.63, 3.8) is 0 Å². The Morgan fingerprint density at radius 2 is 1.63 bits per heavy atom. The largest absolute Gasteiger partial charge is 0.497 e. The molecule has 7 nitrogen and oxygen atoms in total. The average molecular weight is 484 g/mol. The Kier molecular flexibility index (Phi) is 12.0. The fourth-order valence-electron chi connectivity index (χ4n) is 3.90. The SMILES string of the molecule is CCCCCCC(C(C)=O)C(=O)N(Cc1ccc(OC)cc1)C(COCc1ccccc1)C(=O)O. The molecule has 0 saturated carbocycles. The third-order valence-electron chi connectivity index (χ3n) is 5.98. The van der Waals surface area contributed by atoms with Gasteiger partial charge in [0.25, 0.3) is 0 Å². The molecule has 2 unspecified atom stereocenters. The lowest BCUT2D eigenvalue weighted by atomic mass is 9.94. The van der Waals surface area contributed by atoms with Gasteiger partial charge in [0.15, 0.2) is 6.04 Å². The highest BCUT2D eigenvalue weighted by atomic mass is 16.5. The molecular weight excluding hydrogens is 446 g/mol. The average Bonchev–Trinajstić information content (AvgIpc) is 2.86. The summed E-state index contributed by atoms with van der Waals surface area (Å²) in [4.78, 5) is 39.6. The molecule has 1 amide bonds. The molecule has 35 heavy (non-hydrogen) atoms. The van der Waals surface area contributed by atoms with Crippen molar-refractivity contribution in [3.05, 3.63) is 65.7 Å². The molecular formula is C28H37NO6. The van der Waals surface area contributed by atoms with Gasteiger partial charge in [-0.05, 0) is 36.6 Å². The minimum Gasteiger partial charge on any atom is -0.497 e. The number of hydrogen-bond acceptors (Lipinski definition) is 5. The number of carbonyl (C=O) groups excluding carboxylic acids is 2. The quantitative estimate of drug-likeness (QED) is 0.270. The lowest BCUT2D eigenvalue weighted by Gasteiger charge is -2.32. The number of Topliss-reactive ketones (excluding diaryl/α,β-unsaturated/α-hetero) is 1.